The number of halogens is 4. The Kier molecular flexibility index (Phi) is 5.27. The molecule has 3 aromatic rings. The lowest BCUT2D eigenvalue weighted by atomic mass is 10.2. The molecule has 0 atom stereocenters. The highest BCUT2D eigenvalue weighted by molar-refractivity contribution is 6.35. The molecule has 0 radical (unpaired) electrons. The molecule has 128 valence electrons. The van der Waals surface area contributed by atoms with Crippen LogP contribution in [0.3, 0.4) is 0 Å². The SMILES string of the molecule is O=C(Nc1ccnn1Cc1ccc(Cl)cc1Cl)c1ccc(F)cc1Cl. The zero-order chi connectivity index (χ0) is 18.0. The van der Waals surface area contributed by atoms with E-state index in [2.05, 4.69) is 10.4 Å². The Morgan fingerprint density at radius 2 is 1.88 bits per heavy atom. The second-order valence-electron chi connectivity index (χ2n) is 5.19. The number of nitrogens with one attached hydrogen (secondary N) is 1. The predicted molar refractivity (Wildman–Crippen MR) is 97.2 cm³/mol. The van der Waals surface area contributed by atoms with Gasteiger partial charge < -0.3 is 5.32 Å². The van der Waals surface area contributed by atoms with E-state index in [-0.39, 0.29) is 10.6 Å². The Morgan fingerprint density at radius 1 is 1.08 bits per heavy atom. The van der Waals surface area contributed by atoms with Gasteiger partial charge in [0.25, 0.3) is 5.91 Å². The highest BCUT2D eigenvalue weighted by atomic mass is 35.5. The van der Waals surface area contributed by atoms with Gasteiger partial charge in [-0.2, -0.15) is 5.10 Å². The molecular formula is C17H11Cl3FN3O. The Hall–Kier alpha value is -2.08. The number of hydrogen-bond acceptors (Lipinski definition) is 2. The third-order valence-corrected chi connectivity index (χ3v) is 4.37. The highest BCUT2D eigenvalue weighted by Crippen LogP contribution is 2.23. The summed E-state index contributed by atoms with van der Waals surface area (Å²) in [5.41, 5.74) is 0.963. The van der Waals surface area contributed by atoms with E-state index in [0.717, 1.165) is 11.6 Å². The van der Waals surface area contributed by atoms with Gasteiger partial charge >= 0.3 is 0 Å². The van der Waals surface area contributed by atoms with Crippen LogP contribution in [0.25, 0.3) is 0 Å². The quantitative estimate of drug-likeness (QED) is 0.649. The summed E-state index contributed by atoms with van der Waals surface area (Å²) in [4.78, 5) is 12.4. The first-order chi connectivity index (χ1) is 11.9. The van der Waals surface area contributed by atoms with E-state index in [9.17, 15) is 9.18 Å². The van der Waals surface area contributed by atoms with E-state index in [1.54, 1.807) is 35.1 Å². The third kappa shape index (κ3) is 4.12. The topological polar surface area (TPSA) is 46.9 Å². The van der Waals surface area contributed by atoms with Crippen LogP contribution in [-0.4, -0.2) is 15.7 Å². The molecule has 0 fully saturated rings. The van der Waals surface area contributed by atoms with E-state index in [1.807, 2.05) is 0 Å². The Bertz CT molecular complexity index is 943. The largest absolute Gasteiger partial charge is 0.307 e. The van der Waals surface area contributed by atoms with E-state index >= 15 is 0 Å². The highest BCUT2D eigenvalue weighted by Gasteiger charge is 2.14. The molecule has 1 amide bonds. The van der Waals surface area contributed by atoms with Crippen molar-refractivity contribution in [2.45, 2.75) is 6.54 Å². The Morgan fingerprint density at radius 3 is 2.60 bits per heavy atom. The molecule has 0 spiro atoms. The first kappa shape index (κ1) is 17.7. The molecular weight excluding hydrogens is 388 g/mol. The number of carbonyl (C=O) groups excluding carboxylic acids is 1. The van der Waals surface area contributed by atoms with E-state index in [4.69, 9.17) is 34.8 Å². The van der Waals surface area contributed by atoms with Gasteiger partial charge in [0.1, 0.15) is 11.6 Å². The molecule has 1 aromatic heterocycles. The molecule has 3 rings (SSSR count). The number of hydrogen-bond donors (Lipinski definition) is 1. The summed E-state index contributed by atoms with van der Waals surface area (Å²) < 4.78 is 14.7. The smallest absolute Gasteiger partial charge is 0.258 e. The minimum absolute atomic E-state index is 0.0318. The van der Waals surface area contributed by atoms with Crippen LogP contribution in [0.1, 0.15) is 15.9 Å². The van der Waals surface area contributed by atoms with Crippen LogP contribution in [0, 0.1) is 5.82 Å². The molecule has 0 aliphatic carbocycles. The van der Waals surface area contributed by atoms with Crippen LogP contribution < -0.4 is 5.32 Å². The molecule has 4 nitrogen and oxygen atoms in total. The molecule has 1 heterocycles. The molecule has 0 bridgehead atoms. The minimum Gasteiger partial charge on any atom is -0.307 e. The van der Waals surface area contributed by atoms with Crippen LogP contribution >= 0.6 is 34.8 Å². The molecule has 2 aromatic carbocycles. The van der Waals surface area contributed by atoms with E-state index < -0.39 is 11.7 Å². The second kappa shape index (κ2) is 7.44. The van der Waals surface area contributed by atoms with Crippen molar-refractivity contribution in [3.8, 4) is 0 Å². The van der Waals surface area contributed by atoms with Crippen molar-refractivity contribution in [2.24, 2.45) is 0 Å². The normalized spacial score (nSPS) is 10.7. The maximum absolute atomic E-state index is 13.1. The summed E-state index contributed by atoms with van der Waals surface area (Å²) in [6, 6.07) is 10.4. The van der Waals surface area contributed by atoms with Gasteiger partial charge in [-0.15, -0.1) is 0 Å². The van der Waals surface area contributed by atoms with Crippen molar-refractivity contribution in [3.63, 3.8) is 0 Å². The van der Waals surface area contributed by atoms with Crippen molar-refractivity contribution in [1.29, 1.82) is 0 Å². The molecule has 0 saturated carbocycles. The van der Waals surface area contributed by atoms with Crippen LogP contribution in [0.2, 0.25) is 15.1 Å². The van der Waals surface area contributed by atoms with Gasteiger partial charge in [-0.3, -0.25) is 4.79 Å². The van der Waals surface area contributed by atoms with Crippen molar-refractivity contribution in [3.05, 3.63) is 80.7 Å². The number of nitrogens with zero attached hydrogens (tertiary/aromatic N) is 2. The fourth-order valence-electron chi connectivity index (χ4n) is 2.23. The number of rotatable bonds is 4. The monoisotopic (exact) mass is 397 g/mol. The zero-order valence-corrected chi connectivity index (χ0v) is 14.9. The third-order valence-electron chi connectivity index (χ3n) is 3.47. The first-order valence-electron chi connectivity index (χ1n) is 7.16. The van der Waals surface area contributed by atoms with Gasteiger partial charge in [0.15, 0.2) is 0 Å². The first-order valence-corrected chi connectivity index (χ1v) is 8.29. The zero-order valence-electron chi connectivity index (χ0n) is 12.6. The minimum atomic E-state index is -0.510. The second-order valence-corrected chi connectivity index (χ2v) is 6.44. The molecule has 0 aliphatic heterocycles. The summed E-state index contributed by atoms with van der Waals surface area (Å²) in [5.74, 6) is -0.519. The fraction of sp³-hybridized carbons (Fsp3) is 0.0588. The molecule has 25 heavy (non-hydrogen) atoms. The molecule has 0 saturated heterocycles. The summed E-state index contributed by atoms with van der Waals surface area (Å²) in [6.07, 6.45) is 1.55. The number of amides is 1. The van der Waals surface area contributed by atoms with Crippen molar-refractivity contribution >= 4 is 46.5 Å². The van der Waals surface area contributed by atoms with Crippen molar-refractivity contribution < 1.29 is 9.18 Å². The van der Waals surface area contributed by atoms with Gasteiger partial charge in [0.05, 0.1) is 23.3 Å². The molecule has 0 aliphatic rings. The van der Waals surface area contributed by atoms with E-state index in [1.165, 1.54) is 12.1 Å². The lowest BCUT2D eigenvalue weighted by Crippen LogP contribution is -2.16. The molecule has 0 unspecified atom stereocenters. The Balaban J connectivity index is 1.81. The van der Waals surface area contributed by atoms with Crippen molar-refractivity contribution in [1.82, 2.24) is 9.78 Å². The summed E-state index contributed by atoms with van der Waals surface area (Å²) in [7, 11) is 0. The fourth-order valence-corrected chi connectivity index (χ4v) is 2.95. The van der Waals surface area contributed by atoms with Gasteiger partial charge in [-0.05, 0) is 35.9 Å². The Labute approximate surface area is 158 Å². The van der Waals surface area contributed by atoms with Crippen LogP contribution in [0.5, 0.6) is 0 Å². The van der Waals surface area contributed by atoms with Gasteiger partial charge in [-0.25, -0.2) is 9.07 Å². The van der Waals surface area contributed by atoms with Crippen molar-refractivity contribution in [2.75, 3.05) is 5.32 Å². The maximum Gasteiger partial charge on any atom is 0.258 e. The number of aromatic nitrogens is 2. The number of carbonyl (C=O) groups is 1. The standard InChI is InChI=1S/C17H11Cl3FN3O/c18-11-2-1-10(14(19)7-11)9-24-16(5-6-22-24)23-17(25)13-4-3-12(21)8-15(13)20/h1-8H,9H2,(H,23,25). The lowest BCUT2D eigenvalue weighted by molar-refractivity contribution is 0.102. The van der Waals surface area contributed by atoms with Gasteiger partial charge in [0, 0.05) is 16.1 Å². The summed E-state index contributed by atoms with van der Waals surface area (Å²) >= 11 is 18.0. The maximum atomic E-state index is 13.1. The average Bonchev–Trinajstić information content (AvgIpc) is 2.97. The van der Waals surface area contributed by atoms with Crippen LogP contribution in [0.4, 0.5) is 10.2 Å². The number of anilines is 1. The molecule has 1 N–H and O–H groups in total. The predicted octanol–water partition coefficient (Wildman–Crippen LogP) is 5.28. The summed E-state index contributed by atoms with van der Waals surface area (Å²) in [5, 5.41) is 7.95. The van der Waals surface area contributed by atoms with Gasteiger partial charge in [-0.1, -0.05) is 40.9 Å². The average molecular weight is 399 g/mol. The molecule has 8 heteroatoms. The van der Waals surface area contributed by atoms with Gasteiger partial charge in [0.2, 0.25) is 0 Å². The summed E-state index contributed by atoms with van der Waals surface area (Å²) in [6.45, 7) is 0.343. The van der Waals surface area contributed by atoms with E-state index in [0.29, 0.717) is 22.4 Å². The van der Waals surface area contributed by atoms with Crippen LogP contribution in [0.15, 0.2) is 48.7 Å². The lowest BCUT2D eigenvalue weighted by Gasteiger charge is -2.11. The number of benzene rings is 2. The van der Waals surface area contributed by atoms with Crippen LogP contribution in [-0.2, 0) is 6.54 Å².